The Balaban J connectivity index is 0.000000181. The summed E-state index contributed by atoms with van der Waals surface area (Å²) in [7, 11) is 0. The van der Waals surface area contributed by atoms with Crippen molar-refractivity contribution >= 4 is 52.7 Å². The topological polar surface area (TPSA) is 278 Å². The van der Waals surface area contributed by atoms with Crippen LogP contribution in [0.1, 0.15) is 214 Å². The van der Waals surface area contributed by atoms with Crippen LogP contribution in [0.4, 0.5) is 0 Å². The first-order valence-electron chi connectivity index (χ1n) is 38.0. The van der Waals surface area contributed by atoms with Gasteiger partial charge in [0, 0.05) is 43.7 Å². The number of nitrogens with zero attached hydrogens (tertiary/aromatic N) is 2. The van der Waals surface area contributed by atoms with Gasteiger partial charge in [0.1, 0.15) is 6.10 Å². The Hall–Kier alpha value is -2.31. The van der Waals surface area contributed by atoms with Gasteiger partial charge in [-0.15, -0.1) is 23.2 Å². The van der Waals surface area contributed by atoms with Gasteiger partial charge in [-0.1, -0.05) is 69.2 Å². The van der Waals surface area contributed by atoms with E-state index >= 15 is 0 Å². The van der Waals surface area contributed by atoms with Crippen LogP contribution in [0.25, 0.3) is 0 Å². The summed E-state index contributed by atoms with van der Waals surface area (Å²) < 4.78 is 50.5. The summed E-state index contributed by atoms with van der Waals surface area (Å²) in [6.07, 6.45) is 12.0. The van der Waals surface area contributed by atoms with Crippen LogP contribution in [0, 0.1) is 101 Å². The summed E-state index contributed by atoms with van der Waals surface area (Å²) in [6.45, 7) is 37.0. The van der Waals surface area contributed by atoms with Gasteiger partial charge in [-0.2, -0.15) is 0 Å². The minimum atomic E-state index is -1.30. The number of carbonyl (C=O) groups excluding carboxylic acids is 5. The van der Waals surface area contributed by atoms with E-state index in [0.717, 1.165) is 70.6 Å². The third kappa shape index (κ3) is 11.9. The van der Waals surface area contributed by atoms with Gasteiger partial charge in [-0.25, -0.2) is 0 Å². The number of ether oxygens (including phenoxy) is 8. The second-order valence-electron chi connectivity index (χ2n) is 37.6. The quantitative estimate of drug-likeness (QED) is 0.0799. The van der Waals surface area contributed by atoms with Crippen molar-refractivity contribution in [1.82, 2.24) is 9.80 Å². The average Bonchev–Trinajstić information content (AvgIpc) is 1.47. The van der Waals surface area contributed by atoms with E-state index in [2.05, 4.69) is 69.2 Å². The lowest BCUT2D eigenvalue weighted by Gasteiger charge is -2.64. The zero-order chi connectivity index (χ0) is 72.3. The molecule has 0 radical (unpaired) electrons. The van der Waals surface area contributed by atoms with Crippen molar-refractivity contribution in [3.05, 3.63) is 0 Å². The molecule has 2 amide bonds. The van der Waals surface area contributed by atoms with E-state index in [0.29, 0.717) is 75.9 Å². The van der Waals surface area contributed by atoms with E-state index in [1.807, 2.05) is 9.80 Å². The van der Waals surface area contributed by atoms with E-state index in [-0.39, 0.29) is 139 Å². The third-order valence-electron chi connectivity index (χ3n) is 31.5. The Kier molecular flexibility index (Phi) is 20.3. The number of primary amides is 2. The van der Waals surface area contributed by atoms with Crippen LogP contribution in [0.3, 0.4) is 0 Å². The van der Waals surface area contributed by atoms with E-state index in [1.54, 1.807) is 27.7 Å². The molecule has 4 aliphatic heterocycles. The number of carbonyl (C=O) groups is 5. The maximum Gasteiger partial charge on any atom is 0.303 e. The van der Waals surface area contributed by atoms with Crippen molar-refractivity contribution in [2.75, 3.05) is 57.8 Å². The Bertz CT molecular complexity index is 3070. The summed E-state index contributed by atoms with van der Waals surface area (Å²) in [5, 5.41) is 34.8. The number of halogens is 2. The zero-order valence-electron chi connectivity index (χ0n) is 62.6. The van der Waals surface area contributed by atoms with E-state index in [1.165, 1.54) is 33.1 Å². The third-order valence-corrected chi connectivity index (χ3v) is 31.5. The van der Waals surface area contributed by atoms with Gasteiger partial charge < -0.3 is 64.7 Å². The first kappa shape index (κ1) is 76.3. The number of hydrogen-bond donors (Lipinski definition) is 5. The van der Waals surface area contributed by atoms with Crippen molar-refractivity contribution in [1.29, 1.82) is 0 Å². The largest absolute Gasteiger partial charge is 0.457 e. The summed E-state index contributed by atoms with van der Waals surface area (Å²) in [4.78, 5) is 66.3. The van der Waals surface area contributed by atoms with Crippen LogP contribution in [0.2, 0.25) is 0 Å². The minimum absolute atomic E-state index is 0.0281. The molecule has 10 aliphatic carbocycles. The SMILES string of the molecule is CC(=O)O[C@@H]([C@H]1C[C@@H](C)[C@H]2[C@H](O1)C(=O)[C@@]1(C)[C@@H]3CC[C@H]4C(C)(C)[C@@H](O[C@H]5CN(CC(N)=O)CCO5)CC[C@@]45C[C@@]35CC[C@]21C)C(C)(C)O.CC(=O)O[C@@H]([C@H]1C[C@@H](C)[C@H]2[C@H](O1)[C@H](O)[C@@]1(C)[C@@H]3CC[C@H]4C(C)(C)[C@@H](O[C@H]5CN(CC(N)=O)CCO5)CC[C@@]45C[C@@]35CC[C@]21C)C(C)(C)O.ClCCl. The van der Waals surface area contributed by atoms with Gasteiger partial charge in [0.25, 0.3) is 0 Å². The number of amides is 2. The number of aliphatic hydroxyl groups is 3. The van der Waals surface area contributed by atoms with Crippen LogP contribution in [-0.4, -0.2) is 191 Å². The minimum Gasteiger partial charge on any atom is -0.457 e. The highest BCUT2D eigenvalue weighted by Gasteiger charge is 2.87. The number of nitrogens with two attached hydrogens (primary N) is 2. The van der Waals surface area contributed by atoms with E-state index in [4.69, 9.17) is 72.6 Å². The molecular formula is C77H124Cl2N4O16. The number of rotatable bonds is 14. The van der Waals surface area contributed by atoms with E-state index in [9.17, 15) is 39.3 Å². The van der Waals surface area contributed by atoms with Gasteiger partial charge in [-0.3, -0.25) is 33.8 Å². The molecule has 0 aromatic rings. The molecular weight excluding hydrogens is 1310 g/mol. The van der Waals surface area contributed by atoms with Crippen LogP contribution < -0.4 is 11.5 Å². The molecule has 0 aromatic carbocycles. The summed E-state index contributed by atoms with van der Waals surface area (Å²) >= 11 is 9.53. The molecule has 22 heteroatoms. The normalized spacial score (nSPS) is 48.1. The first-order chi connectivity index (χ1) is 46.0. The molecule has 4 heterocycles. The highest BCUT2D eigenvalue weighted by atomic mass is 35.5. The highest BCUT2D eigenvalue weighted by molar-refractivity contribution is 6.40. The summed E-state index contributed by atoms with van der Waals surface area (Å²) in [5.74, 6) is 1.19. The Morgan fingerprint density at radius 2 is 1.00 bits per heavy atom. The zero-order valence-corrected chi connectivity index (χ0v) is 64.1. The van der Waals surface area contributed by atoms with Gasteiger partial charge in [0.15, 0.2) is 30.6 Å². The number of morpholine rings is 2. The molecule has 14 fully saturated rings. The maximum absolute atomic E-state index is 15.0. The molecule has 20 nitrogen and oxygen atoms in total. The van der Waals surface area contributed by atoms with Crippen molar-refractivity contribution in [3.63, 3.8) is 0 Å². The van der Waals surface area contributed by atoms with Crippen LogP contribution in [0.5, 0.6) is 0 Å². The average molecular weight is 1430 g/mol. The molecule has 562 valence electrons. The lowest BCUT2D eigenvalue weighted by molar-refractivity contribution is -0.248. The predicted molar refractivity (Wildman–Crippen MR) is 372 cm³/mol. The van der Waals surface area contributed by atoms with Crippen LogP contribution in [-0.2, 0) is 61.9 Å². The number of Topliss-reactive ketones (excluding diaryl/α,β-unsaturated/α-hetero) is 1. The van der Waals surface area contributed by atoms with Gasteiger partial charge in [0.2, 0.25) is 11.8 Å². The molecule has 14 rings (SSSR count). The molecule has 14 aliphatic rings. The molecule has 99 heavy (non-hydrogen) atoms. The lowest BCUT2D eigenvalue weighted by Crippen LogP contribution is -2.60. The number of fused-ring (bicyclic) bond motifs is 8. The second-order valence-corrected chi connectivity index (χ2v) is 38.4. The van der Waals surface area contributed by atoms with Gasteiger partial charge in [-0.05, 0) is 215 Å². The van der Waals surface area contributed by atoms with Gasteiger partial charge >= 0.3 is 11.9 Å². The van der Waals surface area contributed by atoms with Crippen LogP contribution in [0.15, 0.2) is 0 Å². The Morgan fingerprint density at radius 1 is 0.596 bits per heavy atom. The van der Waals surface area contributed by atoms with E-state index < -0.39 is 65.2 Å². The van der Waals surface area contributed by atoms with Crippen molar-refractivity contribution in [2.24, 2.45) is 113 Å². The molecule has 0 bridgehead atoms. The molecule has 27 atom stereocenters. The number of hydrogen-bond acceptors (Lipinski definition) is 18. The molecule has 0 aromatic heterocycles. The number of esters is 2. The fraction of sp³-hybridized carbons (Fsp3) is 0.935. The highest BCUT2D eigenvalue weighted by Crippen LogP contribution is 2.91. The summed E-state index contributed by atoms with van der Waals surface area (Å²) in [5.41, 5.74) is 8.11. The van der Waals surface area contributed by atoms with Crippen molar-refractivity contribution in [3.8, 4) is 0 Å². The van der Waals surface area contributed by atoms with Crippen molar-refractivity contribution < 1.29 is 77.2 Å². The monoisotopic (exact) mass is 1430 g/mol. The standard InChI is InChI=1S/C38H62N2O8.C38H60N2O8.CH2Cl2/c2*1-21-17-23(32(34(5,6)44)46-22(2)41)47-30-29(21)35(7)13-14-38-20-37(38)12-11-26(48-28-19-40(15-16-45-28)18-27(39)42)33(3,4)24(37)9-10-25(38)36(35,8)31(30)43;2-1-3/h21,23-26,28-32,43-44H,9-20H2,1-8H3,(H2,39,42);21,23-26,28-30,32,44H,9-20H2,1-8H3,(H2,39,42);1H2/t21-,23-,24+,25+,26+,28+,29+,30+,31+,32+,35-,36-,37-,38+;21-,23-,24+,25+,26+,28+,29+,30+,32+,35-,36-,37-,38+;/m11./s1. The second kappa shape index (κ2) is 26.3. The molecule has 7 N–H and O–H groups in total. The number of aliphatic hydroxyl groups excluding tert-OH is 1. The maximum atomic E-state index is 15.0. The smallest absolute Gasteiger partial charge is 0.303 e. The van der Waals surface area contributed by atoms with Gasteiger partial charge in [0.05, 0.1) is 92.6 Å². The fourth-order valence-corrected chi connectivity index (χ4v) is 27.5. The molecule has 4 saturated heterocycles. The summed E-state index contributed by atoms with van der Waals surface area (Å²) in [6, 6.07) is 0. The molecule has 4 spiro atoms. The molecule has 10 saturated carbocycles. The predicted octanol–water partition coefficient (Wildman–Crippen LogP) is 9.69. The molecule has 0 unspecified atom stereocenters. The first-order valence-corrected chi connectivity index (χ1v) is 39.1. The fourth-order valence-electron chi connectivity index (χ4n) is 27.5. The number of alkyl halides is 2. The lowest BCUT2D eigenvalue weighted by atomic mass is 9.41. The Morgan fingerprint density at radius 3 is 1.44 bits per heavy atom. The van der Waals surface area contributed by atoms with Crippen molar-refractivity contribution in [2.45, 2.75) is 292 Å². The van der Waals surface area contributed by atoms with Crippen LogP contribution >= 0.6 is 23.2 Å². The number of ketones is 1. The Labute approximate surface area is 599 Å².